The first-order valence-corrected chi connectivity index (χ1v) is 6.92. The van der Waals surface area contributed by atoms with Crippen LogP contribution in [0.3, 0.4) is 0 Å². The first kappa shape index (κ1) is 15.5. The van der Waals surface area contributed by atoms with Crippen molar-refractivity contribution in [2.75, 3.05) is 5.73 Å². The zero-order valence-electron chi connectivity index (χ0n) is 12.1. The van der Waals surface area contributed by atoms with Crippen molar-refractivity contribution in [2.24, 2.45) is 5.92 Å². The van der Waals surface area contributed by atoms with Gasteiger partial charge in [0.15, 0.2) is 0 Å². The second-order valence-corrected chi connectivity index (χ2v) is 5.62. The molecule has 7 heteroatoms. The molecular weight excluding hydrogens is 274 g/mol. The fraction of sp³-hybridized carbons (Fsp3) is 0.571. The van der Waals surface area contributed by atoms with Gasteiger partial charge in [-0.3, -0.25) is 4.98 Å². The molecule has 1 aromatic heterocycles. The average molecular weight is 295 g/mol. The molecule has 0 aromatic carbocycles. The Morgan fingerprint density at radius 1 is 1.57 bits per heavy atom. The number of carbonyl (C=O) groups is 1. The Hall–Kier alpha value is -1.86. The van der Waals surface area contributed by atoms with Crippen molar-refractivity contribution in [3.63, 3.8) is 0 Å². The summed E-state index contributed by atoms with van der Waals surface area (Å²) in [6.45, 7) is 3.84. The third-order valence-electron chi connectivity index (χ3n) is 3.74. The van der Waals surface area contributed by atoms with E-state index in [1.54, 1.807) is 12.3 Å². The molecule has 1 aromatic rings. The van der Waals surface area contributed by atoms with Gasteiger partial charge in [-0.25, -0.2) is 4.79 Å². The van der Waals surface area contributed by atoms with Crippen LogP contribution in [0, 0.1) is 5.92 Å². The Bertz CT molecular complexity index is 509. The number of hydrogen-bond acceptors (Lipinski definition) is 5. The van der Waals surface area contributed by atoms with Gasteiger partial charge < -0.3 is 26.0 Å². The third-order valence-corrected chi connectivity index (χ3v) is 3.74. The molecule has 0 radical (unpaired) electrons. The molecule has 1 aliphatic rings. The van der Waals surface area contributed by atoms with Crippen LogP contribution in [-0.2, 0) is 4.74 Å². The van der Waals surface area contributed by atoms with Gasteiger partial charge in [0.25, 0.3) is 0 Å². The molecule has 0 spiro atoms. The second-order valence-electron chi connectivity index (χ2n) is 5.62. The first-order chi connectivity index (χ1) is 9.90. The van der Waals surface area contributed by atoms with E-state index in [4.69, 9.17) is 15.6 Å². The summed E-state index contributed by atoms with van der Waals surface area (Å²) in [5.41, 5.74) is 7.17. The minimum Gasteiger partial charge on any atom is -0.465 e. The van der Waals surface area contributed by atoms with Crippen molar-refractivity contribution in [1.82, 2.24) is 10.3 Å². The van der Waals surface area contributed by atoms with Crippen molar-refractivity contribution in [3.05, 3.63) is 24.0 Å². The summed E-state index contributed by atoms with van der Waals surface area (Å²) < 4.78 is 5.95. The number of pyridine rings is 1. The molecule has 1 fully saturated rings. The molecule has 0 saturated carbocycles. The summed E-state index contributed by atoms with van der Waals surface area (Å²) in [6, 6.07) is 1.16. The molecule has 0 aliphatic carbocycles. The van der Waals surface area contributed by atoms with Crippen LogP contribution in [0.1, 0.15) is 31.9 Å². The van der Waals surface area contributed by atoms with Gasteiger partial charge in [0.2, 0.25) is 0 Å². The lowest BCUT2D eigenvalue weighted by Gasteiger charge is -2.41. The van der Waals surface area contributed by atoms with Crippen LogP contribution in [0.5, 0.6) is 0 Å². The highest BCUT2D eigenvalue weighted by Gasteiger charge is 2.40. The van der Waals surface area contributed by atoms with E-state index in [9.17, 15) is 9.90 Å². The van der Waals surface area contributed by atoms with Crippen LogP contribution in [0.15, 0.2) is 18.5 Å². The fourth-order valence-corrected chi connectivity index (χ4v) is 2.69. The summed E-state index contributed by atoms with van der Waals surface area (Å²) >= 11 is 0. The van der Waals surface area contributed by atoms with Crippen molar-refractivity contribution in [3.8, 4) is 0 Å². The molecular formula is C14H21N3O4. The highest BCUT2D eigenvalue weighted by molar-refractivity contribution is 5.65. The lowest BCUT2D eigenvalue weighted by Crippen LogP contribution is -2.55. The van der Waals surface area contributed by atoms with Crippen LogP contribution >= 0.6 is 0 Å². The summed E-state index contributed by atoms with van der Waals surface area (Å²) in [6.07, 6.45) is 0.585. The van der Waals surface area contributed by atoms with Gasteiger partial charge in [-0.2, -0.15) is 0 Å². The SMILES string of the molecule is CC(C)[C@H]1O[C@@H](c2ccncc2N)C[C@@H](NC(=O)O)[C@@H]1O. The fourth-order valence-electron chi connectivity index (χ4n) is 2.69. The van der Waals surface area contributed by atoms with Crippen molar-refractivity contribution in [2.45, 2.75) is 44.6 Å². The summed E-state index contributed by atoms with van der Waals surface area (Å²) in [4.78, 5) is 14.8. The number of nitrogen functional groups attached to an aromatic ring is 1. The maximum atomic E-state index is 10.9. The predicted octanol–water partition coefficient (Wildman–Crippen LogP) is 1.15. The van der Waals surface area contributed by atoms with E-state index in [0.717, 1.165) is 5.56 Å². The molecule has 21 heavy (non-hydrogen) atoms. The number of nitrogens with one attached hydrogen (secondary N) is 1. The minimum absolute atomic E-state index is 0.0453. The molecule has 2 heterocycles. The number of carboxylic acid groups (broad SMARTS) is 1. The number of rotatable bonds is 3. The lowest BCUT2D eigenvalue weighted by atomic mass is 9.87. The van der Waals surface area contributed by atoms with Gasteiger partial charge in [0.05, 0.1) is 30.1 Å². The number of aromatic nitrogens is 1. The molecule has 5 N–H and O–H groups in total. The van der Waals surface area contributed by atoms with Crippen LogP contribution in [0.4, 0.5) is 10.5 Å². The summed E-state index contributed by atoms with van der Waals surface area (Å²) in [7, 11) is 0. The maximum Gasteiger partial charge on any atom is 0.404 e. The van der Waals surface area contributed by atoms with E-state index in [0.29, 0.717) is 12.1 Å². The van der Waals surface area contributed by atoms with Gasteiger partial charge in [-0.1, -0.05) is 13.8 Å². The lowest BCUT2D eigenvalue weighted by molar-refractivity contribution is -0.149. The minimum atomic E-state index is -1.16. The number of aliphatic hydroxyl groups is 1. The zero-order chi connectivity index (χ0) is 15.6. The number of amides is 1. The Kier molecular flexibility index (Phi) is 4.64. The van der Waals surface area contributed by atoms with E-state index in [1.807, 2.05) is 13.8 Å². The summed E-state index contributed by atoms with van der Waals surface area (Å²) in [5, 5.41) is 21.6. The number of anilines is 1. The van der Waals surface area contributed by atoms with Gasteiger partial charge in [-0.05, 0) is 12.0 Å². The molecule has 1 aliphatic heterocycles. The van der Waals surface area contributed by atoms with Crippen molar-refractivity contribution < 1.29 is 19.7 Å². The monoisotopic (exact) mass is 295 g/mol. The Morgan fingerprint density at radius 2 is 2.29 bits per heavy atom. The Balaban J connectivity index is 2.26. The molecule has 0 unspecified atom stereocenters. The smallest absolute Gasteiger partial charge is 0.404 e. The Morgan fingerprint density at radius 3 is 2.86 bits per heavy atom. The van der Waals surface area contributed by atoms with Crippen LogP contribution in [0.25, 0.3) is 0 Å². The zero-order valence-corrected chi connectivity index (χ0v) is 12.1. The van der Waals surface area contributed by atoms with E-state index >= 15 is 0 Å². The molecule has 1 amide bonds. The van der Waals surface area contributed by atoms with Gasteiger partial charge >= 0.3 is 6.09 Å². The number of nitrogens with two attached hydrogens (primary N) is 1. The average Bonchev–Trinajstić information content (AvgIpc) is 2.41. The highest BCUT2D eigenvalue weighted by atomic mass is 16.5. The largest absolute Gasteiger partial charge is 0.465 e. The standard InChI is InChI=1S/C14H21N3O4/c1-7(2)13-12(18)10(17-14(19)20)5-11(21-13)8-3-4-16-6-9(8)15/h3-4,6-7,10-13,17-18H,5,15H2,1-2H3,(H,19,20)/t10-,11-,12+,13-/m1/s1. The first-order valence-electron chi connectivity index (χ1n) is 6.92. The van der Waals surface area contributed by atoms with Crippen LogP contribution in [-0.4, -0.2) is 39.5 Å². The van der Waals surface area contributed by atoms with Gasteiger partial charge in [0, 0.05) is 18.2 Å². The predicted molar refractivity (Wildman–Crippen MR) is 76.7 cm³/mol. The highest BCUT2D eigenvalue weighted by Crippen LogP contribution is 2.36. The normalized spacial score (nSPS) is 29.3. The molecule has 116 valence electrons. The van der Waals surface area contributed by atoms with E-state index in [1.165, 1.54) is 6.20 Å². The summed E-state index contributed by atoms with van der Waals surface area (Å²) in [5.74, 6) is 0.0453. The van der Waals surface area contributed by atoms with Crippen LogP contribution < -0.4 is 11.1 Å². The quantitative estimate of drug-likeness (QED) is 0.664. The number of ether oxygens (including phenoxy) is 1. The van der Waals surface area contributed by atoms with E-state index in [-0.39, 0.29) is 12.0 Å². The number of aliphatic hydroxyl groups excluding tert-OH is 1. The Labute approximate surface area is 123 Å². The number of nitrogens with zero attached hydrogens (tertiary/aromatic N) is 1. The molecule has 1 saturated heterocycles. The molecule has 0 bridgehead atoms. The van der Waals surface area contributed by atoms with Crippen molar-refractivity contribution in [1.29, 1.82) is 0 Å². The third kappa shape index (κ3) is 3.43. The van der Waals surface area contributed by atoms with E-state index < -0.39 is 24.3 Å². The van der Waals surface area contributed by atoms with E-state index in [2.05, 4.69) is 10.3 Å². The van der Waals surface area contributed by atoms with Crippen molar-refractivity contribution >= 4 is 11.8 Å². The maximum absolute atomic E-state index is 10.9. The topological polar surface area (TPSA) is 118 Å². The van der Waals surface area contributed by atoms with Gasteiger partial charge in [0.1, 0.15) is 6.10 Å². The molecule has 4 atom stereocenters. The molecule has 2 rings (SSSR count). The second kappa shape index (κ2) is 6.28. The molecule has 7 nitrogen and oxygen atoms in total. The van der Waals surface area contributed by atoms with Gasteiger partial charge in [-0.15, -0.1) is 0 Å². The van der Waals surface area contributed by atoms with Crippen LogP contribution in [0.2, 0.25) is 0 Å². The number of hydrogen-bond donors (Lipinski definition) is 4.